The molecule has 2 aliphatic rings. The zero-order valence-electron chi connectivity index (χ0n) is 16.5. The summed E-state index contributed by atoms with van der Waals surface area (Å²) in [6.07, 6.45) is 2.02. The lowest BCUT2D eigenvalue weighted by Gasteiger charge is -2.41. The number of esters is 2. The monoisotopic (exact) mass is 365 g/mol. The van der Waals surface area contributed by atoms with E-state index < -0.39 is 23.1 Å². The summed E-state index contributed by atoms with van der Waals surface area (Å²) in [5.74, 6) is -0.885. The molecule has 0 saturated carbocycles. The van der Waals surface area contributed by atoms with Crippen molar-refractivity contribution in [1.82, 2.24) is 4.90 Å². The summed E-state index contributed by atoms with van der Waals surface area (Å²) < 4.78 is 16.0. The van der Waals surface area contributed by atoms with E-state index >= 15 is 0 Å². The summed E-state index contributed by atoms with van der Waals surface area (Å²) in [6.45, 7) is 10.2. The Labute approximate surface area is 154 Å². The third-order valence-corrected chi connectivity index (χ3v) is 4.16. The maximum absolute atomic E-state index is 12.8. The first-order chi connectivity index (χ1) is 11.9. The summed E-state index contributed by atoms with van der Waals surface area (Å²) in [6, 6.07) is 0. The molecular formula is C19H27NO6. The molecule has 0 saturated heterocycles. The Morgan fingerprint density at radius 2 is 1.96 bits per heavy atom. The maximum Gasteiger partial charge on any atom is 0.334 e. The third-order valence-electron chi connectivity index (χ3n) is 4.16. The van der Waals surface area contributed by atoms with Crippen LogP contribution in [-0.2, 0) is 28.6 Å². The van der Waals surface area contributed by atoms with Crippen LogP contribution in [0.1, 0.15) is 48.0 Å². The highest BCUT2D eigenvalue weighted by Crippen LogP contribution is 2.39. The van der Waals surface area contributed by atoms with Gasteiger partial charge in [-0.25, -0.2) is 4.79 Å². The van der Waals surface area contributed by atoms with Crippen molar-refractivity contribution >= 4 is 17.8 Å². The molecule has 0 spiro atoms. The van der Waals surface area contributed by atoms with E-state index in [2.05, 4.69) is 0 Å². The molecular weight excluding hydrogens is 338 g/mol. The van der Waals surface area contributed by atoms with Gasteiger partial charge in [-0.3, -0.25) is 14.5 Å². The molecule has 144 valence electrons. The zero-order valence-corrected chi connectivity index (χ0v) is 16.5. The Kier molecular flexibility index (Phi) is 5.21. The van der Waals surface area contributed by atoms with Crippen LogP contribution in [0.2, 0.25) is 0 Å². The Morgan fingerprint density at radius 1 is 1.35 bits per heavy atom. The molecule has 0 aromatic rings. The van der Waals surface area contributed by atoms with Gasteiger partial charge in [0.1, 0.15) is 17.9 Å². The van der Waals surface area contributed by atoms with Gasteiger partial charge in [0.05, 0.1) is 12.8 Å². The molecule has 2 rings (SSSR count). The van der Waals surface area contributed by atoms with Crippen LogP contribution in [0.15, 0.2) is 23.1 Å². The molecule has 1 atom stereocenters. The van der Waals surface area contributed by atoms with Crippen LogP contribution >= 0.6 is 0 Å². The average molecular weight is 365 g/mol. The summed E-state index contributed by atoms with van der Waals surface area (Å²) in [5.41, 5.74) is -0.903. The maximum atomic E-state index is 12.8. The molecule has 1 heterocycles. The minimum atomic E-state index is -1.10. The van der Waals surface area contributed by atoms with Gasteiger partial charge in [-0.1, -0.05) is 6.92 Å². The first-order valence-electron chi connectivity index (χ1n) is 8.61. The van der Waals surface area contributed by atoms with Crippen molar-refractivity contribution in [2.45, 2.75) is 59.2 Å². The normalized spacial score (nSPS) is 22.3. The van der Waals surface area contributed by atoms with E-state index in [1.54, 1.807) is 40.7 Å². The number of nitrogens with zero attached hydrogens (tertiary/aromatic N) is 1. The standard InChI is InChI=1S/C19H27NO6/c1-11-8-14-13(9-12(11)16(22)24-7)20(17(23)19(5,6)25-14)10-15(21)26-18(2,3)4/h9,11H,8,10H2,1-7H3. The van der Waals surface area contributed by atoms with Crippen LogP contribution in [0.25, 0.3) is 0 Å². The summed E-state index contributed by atoms with van der Waals surface area (Å²) in [7, 11) is 1.31. The average Bonchev–Trinajstić information content (AvgIpc) is 2.48. The fourth-order valence-electron chi connectivity index (χ4n) is 3.01. The fourth-order valence-corrected chi connectivity index (χ4v) is 3.01. The van der Waals surface area contributed by atoms with E-state index in [1.807, 2.05) is 6.92 Å². The summed E-state index contributed by atoms with van der Waals surface area (Å²) >= 11 is 0. The van der Waals surface area contributed by atoms with Gasteiger partial charge in [-0.2, -0.15) is 0 Å². The number of methoxy groups -OCH3 is 1. The van der Waals surface area contributed by atoms with Crippen LogP contribution in [0.5, 0.6) is 0 Å². The molecule has 0 fully saturated rings. The van der Waals surface area contributed by atoms with Gasteiger partial charge >= 0.3 is 11.9 Å². The second kappa shape index (κ2) is 6.78. The number of amides is 1. The molecule has 1 aliphatic heterocycles. The van der Waals surface area contributed by atoms with Gasteiger partial charge < -0.3 is 14.2 Å². The van der Waals surface area contributed by atoms with Crippen LogP contribution in [0, 0.1) is 5.92 Å². The third kappa shape index (κ3) is 4.08. The van der Waals surface area contributed by atoms with Crippen LogP contribution in [0.4, 0.5) is 0 Å². The van der Waals surface area contributed by atoms with Gasteiger partial charge in [-0.15, -0.1) is 0 Å². The van der Waals surface area contributed by atoms with Crippen molar-refractivity contribution in [2.75, 3.05) is 13.7 Å². The highest BCUT2D eigenvalue weighted by molar-refractivity contribution is 5.93. The van der Waals surface area contributed by atoms with Crippen molar-refractivity contribution in [2.24, 2.45) is 5.92 Å². The van der Waals surface area contributed by atoms with Gasteiger partial charge in [0.2, 0.25) is 0 Å². The summed E-state index contributed by atoms with van der Waals surface area (Å²) in [5, 5.41) is 0. The SMILES string of the molecule is COC(=O)C1=CC2=C(CC1C)OC(C)(C)C(=O)N2CC(=O)OC(C)(C)C. The molecule has 7 heteroatoms. The second-order valence-electron chi connectivity index (χ2n) is 8.09. The molecule has 0 aromatic carbocycles. The molecule has 0 bridgehead atoms. The quantitative estimate of drug-likeness (QED) is 0.714. The smallest absolute Gasteiger partial charge is 0.334 e. The molecule has 1 aliphatic carbocycles. The van der Waals surface area contributed by atoms with E-state index in [0.717, 1.165) is 0 Å². The Hall–Kier alpha value is -2.31. The number of allylic oxidation sites excluding steroid dienone is 2. The van der Waals surface area contributed by atoms with Crippen LogP contribution in [0.3, 0.4) is 0 Å². The number of ether oxygens (including phenoxy) is 3. The lowest BCUT2D eigenvalue weighted by Crippen LogP contribution is -2.53. The highest BCUT2D eigenvalue weighted by atomic mass is 16.6. The number of rotatable bonds is 3. The lowest BCUT2D eigenvalue weighted by atomic mass is 9.88. The Morgan fingerprint density at radius 3 is 2.50 bits per heavy atom. The molecule has 7 nitrogen and oxygen atoms in total. The molecule has 0 N–H and O–H groups in total. The van der Waals surface area contributed by atoms with Crippen molar-refractivity contribution in [3.05, 3.63) is 23.1 Å². The predicted molar refractivity (Wildman–Crippen MR) is 93.6 cm³/mol. The van der Waals surface area contributed by atoms with E-state index in [9.17, 15) is 14.4 Å². The molecule has 0 aromatic heterocycles. The van der Waals surface area contributed by atoms with E-state index in [1.165, 1.54) is 12.0 Å². The molecule has 0 radical (unpaired) electrons. The summed E-state index contributed by atoms with van der Waals surface area (Å²) in [4.78, 5) is 38.5. The van der Waals surface area contributed by atoms with E-state index in [-0.39, 0.29) is 18.4 Å². The lowest BCUT2D eigenvalue weighted by molar-refractivity contribution is -0.164. The minimum absolute atomic E-state index is 0.117. The highest BCUT2D eigenvalue weighted by Gasteiger charge is 2.45. The molecule has 26 heavy (non-hydrogen) atoms. The number of hydrogen-bond acceptors (Lipinski definition) is 6. The Bertz CT molecular complexity index is 695. The zero-order chi connectivity index (χ0) is 19.9. The first-order valence-corrected chi connectivity index (χ1v) is 8.61. The van der Waals surface area contributed by atoms with Crippen molar-refractivity contribution in [3.63, 3.8) is 0 Å². The predicted octanol–water partition coefficient (Wildman–Crippen LogP) is 2.32. The van der Waals surface area contributed by atoms with Crippen LogP contribution in [-0.4, -0.2) is 47.6 Å². The first kappa shape index (κ1) is 20.0. The largest absolute Gasteiger partial charge is 0.480 e. The van der Waals surface area contributed by atoms with Gasteiger partial charge in [0.25, 0.3) is 5.91 Å². The Balaban J connectivity index is 2.42. The van der Waals surface area contributed by atoms with Crippen LogP contribution < -0.4 is 0 Å². The minimum Gasteiger partial charge on any atom is -0.480 e. The van der Waals surface area contributed by atoms with Gasteiger partial charge in [0.15, 0.2) is 5.60 Å². The van der Waals surface area contributed by atoms with Crippen molar-refractivity contribution in [1.29, 1.82) is 0 Å². The second-order valence-corrected chi connectivity index (χ2v) is 8.09. The van der Waals surface area contributed by atoms with Crippen molar-refractivity contribution < 1.29 is 28.6 Å². The number of carbonyl (C=O) groups is 3. The molecule has 1 amide bonds. The van der Waals surface area contributed by atoms with Crippen molar-refractivity contribution in [3.8, 4) is 0 Å². The van der Waals surface area contributed by atoms with E-state index in [4.69, 9.17) is 14.2 Å². The molecule has 1 unspecified atom stereocenters. The number of carbonyl (C=O) groups excluding carboxylic acids is 3. The topological polar surface area (TPSA) is 82.1 Å². The number of hydrogen-bond donors (Lipinski definition) is 0. The van der Waals surface area contributed by atoms with Gasteiger partial charge in [-0.05, 0) is 46.6 Å². The van der Waals surface area contributed by atoms with Gasteiger partial charge in [0, 0.05) is 12.0 Å². The van der Waals surface area contributed by atoms with E-state index in [0.29, 0.717) is 23.5 Å². The fraction of sp³-hybridized carbons (Fsp3) is 0.632.